The van der Waals surface area contributed by atoms with Gasteiger partial charge in [-0.25, -0.2) is 0 Å². The molecule has 0 bridgehead atoms. The molecule has 1 rings (SSSR count). The number of carbonyl (C=O) groups is 1. The highest BCUT2D eigenvalue weighted by Gasteiger charge is 2.43. The number of hydrogen-bond donors (Lipinski definition) is 1. The zero-order chi connectivity index (χ0) is 14.5. The van der Waals surface area contributed by atoms with Crippen molar-refractivity contribution < 1.29 is 4.79 Å². The number of hydrogen-bond acceptors (Lipinski definition) is 2. The summed E-state index contributed by atoms with van der Waals surface area (Å²) in [5.41, 5.74) is 5.39. The summed E-state index contributed by atoms with van der Waals surface area (Å²) in [4.78, 5) is 15.2. The fourth-order valence-electron chi connectivity index (χ4n) is 3.05. The van der Waals surface area contributed by atoms with E-state index in [4.69, 9.17) is 18.0 Å². The third-order valence-electron chi connectivity index (χ3n) is 4.53. The van der Waals surface area contributed by atoms with Crippen molar-refractivity contribution in [1.82, 2.24) is 4.90 Å². The van der Waals surface area contributed by atoms with E-state index in [1.165, 1.54) is 12.8 Å². The Balaban J connectivity index is 2.91. The van der Waals surface area contributed by atoms with Crippen LogP contribution in [0.4, 0.5) is 0 Å². The van der Waals surface area contributed by atoms with Gasteiger partial charge in [0.15, 0.2) is 0 Å². The third kappa shape index (κ3) is 3.68. The summed E-state index contributed by atoms with van der Waals surface area (Å²) >= 11 is 5.26. The summed E-state index contributed by atoms with van der Waals surface area (Å²) in [6, 6.07) is 0.256. The molecular weight excluding hydrogens is 256 g/mol. The third-order valence-corrected chi connectivity index (χ3v) is 4.92. The van der Waals surface area contributed by atoms with Gasteiger partial charge < -0.3 is 10.6 Å². The first-order valence-electron chi connectivity index (χ1n) is 7.53. The summed E-state index contributed by atoms with van der Waals surface area (Å²) in [5.74, 6) is 0.142. The summed E-state index contributed by atoms with van der Waals surface area (Å²) < 4.78 is 0. The number of amides is 1. The van der Waals surface area contributed by atoms with Crippen molar-refractivity contribution in [3.8, 4) is 0 Å². The molecule has 1 fully saturated rings. The standard InChI is InChI=1S/C15H28N2OS/c1-4-9-12(2)17(3)14(18)15(13(16)19)10-7-5-6-8-11-15/h12H,4-11H2,1-3H3,(H2,16,19). The van der Waals surface area contributed by atoms with Crippen molar-refractivity contribution in [2.24, 2.45) is 11.1 Å². The molecule has 0 spiro atoms. The van der Waals surface area contributed by atoms with Crippen LogP contribution in [0.1, 0.15) is 65.2 Å². The van der Waals surface area contributed by atoms with E-state index < -0.39 is 5.41 Å². The average Bonchev–Trinajstić information content (AvgIpc) is 2.63. The van der Waals surface area contributed by atoms with Gasteiger partial charge in [-0.2, -0.15) is 0 Å². The van der Waals surface area contributed by atoms with Crippen LogP contribution in [0.25, 0.3) is 0 Å². The first kappa shape index (κ1) is 16.4. The number of thiocarbonyl (C=S) groups is 1. The molecule has 1 saturated carbocycles. The Bertz CT molecular complexity index is 322. The van der Waals surface area contributed by atoms with E-state index in [0.717, 1.165) is 38.5 Å². The van der Waals surface area contributed by atoms with Crippen LogP contribution >= 0.6 is 12.2 Å². The normalized spacial score (nSPS) is 20.4. The van der Waals surface area contributed by atoms with Gasteiger partial charge >= 0.3 is 0 Å². The molecule has 0 aliphatic heterocycles. The smallest absolute Gasteiger partial charge is 0.235 e. The average molecular weight is 284 g/mol. The summed E-state index contributed by atoms with van der Waals surface area (Å²) in [6.07, 6.45) is 8.24. The maximum atomic E-state index is 12.9. The Kier molecular flexibility index (Phi) is 6.24. The zero-order valence-corrected chi connectivity index (χ0v) is 13.4. The van der Waals surface area contributed by atoms with Crippen LogP contribution in [-0.2, 0) is 4.79 Å². The van der Waals surface area contributed by atoms with Crippen molar-refractivity contribution in [2.45, 2.75) is 71.3 Å². The van der Waals surface area contributed by atoms with Crippen LogP contribution in [0.5, 0.6) is 0 Å². The molecule has 0 aromatic rings. The highest BCUT2D eigenvalue weighted by molar-refractivity contribution is 7.80. The summed E-state index contributed by atoms with van der Waals surface area (Å²) in [6.45, 7) is 4.25. The molecule has 1 aliphatic carbocycles. The van der Waals surface area contributed by atoms with E-state index in [9.17, 15) is 4.79 Å². The van der Waals surface area contributed by atoms with Gasteiger partial charge in [0.25, 0.3) is 0 Å². The van der Waals surface area contributed by atoms with Gasteiger partial charge in [0.05, 0.1) is 10.4 Å². The second kappa shape index (κ2) is 7.22. The van der Waals surface area contributed by atoms with Gasteiger partial charge in [-0.1, -0.05) is 51.2 Å². The topological polar surface area (TPSA) is 46.3 Å². The van der Waals surface area contributed by atoms with E-state index in [1.54, 1.807) is 0 Å². The molecule has 1 unspecified atom stereocenters. The number of nitrogens with zero attached hydrogens (tertiary/aromatic N) is 1. The first-order valence-corrected chi connectivity index (χ1v) is 7.93. The van der Waals surface area contributed by atoms with Crippen LogP contribution in [0.2, 0.25) is 0 Å². The Hall–Kier alpha value is -0.640. The highest BCUT2D eigenvalue weighted by Crippen LogP contribution is 2.37. The molecule has 19 heavy (non-hydrogen) atoms. The van der Waals surface area contributed by atoms with Crippen LogP contribution in [0, 0.1) is 5.41 Å². The minimum absolute atomic E-state index is 0.142. The second-order valence-corrected chi connectivity index (χ2v) is 6.35. The van der Waals surface area contributed by atoms with E-state index in [1.807, 2.05) is 11.9 Å². The molecule has 0 heterocycles. The minimum atomic E-state index is -0.581. The molecular formula is C15H28N2OS. The SMILES string of the molecule is CCCC(C)N(C)C(=O)C1(C(N)=S)CCCCCC1. The van der Waals surface area contributed by atoms with Gasteiger partial charge in [0.1, 0.15) is 0 Å². The lowest BCUT2D eigenvalue weighted by Gasteiger charge is -2.37. The largest absolute Gasteiger partial charge is 0.392 e. The van der Waals surface area contributed by atoms with Crippen LogP contribution in [0.3, 0.4) is 0 Å². The molecule has 4 heteroatoms. The molecule has 0 aromatic carbocycles. The predicted octanol–water partition coefficient (Wildman–Crippen LogP) is 3.26. The molecule has 1 amide bonds. The van der Waals surface area contributed by atoms with E-state index >= 15 is 0 Å². The van der Waals surface area contributed by atoms with Gasteiger partial charge in [-0.15, -0.1) is 0 Å². The van der Waals surface area contributed by atoms with E-state index in [0.29, 0.717) is 4.99 Å². The molecule has 1 aliphatic rings. The molecule has 110 valence electrons. The lowest BCUT2D eigenvalue weighted by molar-refractivity contribution is -0.139. The predicted molar refractivity (Wildman–Crippen MR) is 84.1 cm³/mol. The lowest BCUT2D eigenvalue weighted by atomic mass is 9.78. The lowest BCUT2D eigenvalue weighted by Crippen LogP contribution is -2.51. The van der Waals surface area contributed by atoms with E-state index in [-0.39, 0.29) is 11.9 Å². The van der Waals surface area contributed by atoms with Gasteiger partial charge in [-0.05, 0) is 26.2 Å². The Morgan fingerprint density at radius 2 is 1.84 bits per heavy atom. The van der Waals surface area contributed by atoms with Crippen LogP contribution in [0.15, 0.2) is 0 Å². The fraction of sp³-hybridized carbons (Fsp3) is 0.867. The van der Waals surface area contributed by atoms with Crippen LogP contribution < -0.4 is 5.73 Å². The van der Waals surface area contributed by atoms with Crippen molar-refractivity contribution in [1.29, 1.82) is 0 Å². The molecule has 0 saturated heterocycles. The monoisotopic (exact) mass is 284 g/mol. The van der Waals surface area contributed by atoms with Crippen molar-refractivity contribution in [2.75, 3.05) is 7.05 Å². The number of nitrogens with two attached hydrogens (primary N) is 1. The van der Waals surface area contributed by atoms with Crippen LogP contribution in [-0.4, -0.2) is 28.9 Å². The first-order chi connectivity index (χ1) is 8.95. The van der Waals surface area contributed by atoms with Crippen molar-refractivity contribution in [3.05, 3.63) is 0 Å². The number of carbonyl (C=O) groups excluding carboxylic acids is 1. The summed E-state index contributed by atoms with van der Waals surface area (Å²) in [5, 5.41) is 0. The van der Waals surface area contributed by atoms with Gasteiger partial charge in [-0.3, -0.25) is 4.79 Å². The Morgan fingerprint density at radius 3 is 2.26 bits per heavy atom. The molecule has 0 radical (unpaired) electrons. The Morgan fingerprint density at radius 1 is 1.32 bits per heavy atom. The molecule has 2 N–H and O–H groups in total. The van der Waals surface area contributed by atoms with Crippen molar-refractivity contribution in [3.63, 3.8) is 0 Å². The molecule has 1 atom stereocenters. The zero-order valence-electron chi connectivity index (χ0n) is 12.6. The van der Waals surface area contributed by atoms with E-state index in [2.05, 4.69) is 13.8 Å². The Labute approximate surface area is 122 Å². The number of rotatable bonds is 5. The molecule has 3 nitrogen and oxygen atoms in total. The maximum Gasteiger partial charge on any atom is 0.235 e. The second-order valence-electron chi connectivity index (χ2n) is 5.91. The molecule has 0 aromatic heterocycles. The van der Waals surface area contributed by atoms with Gasteiger partial charge in [0, 0.05) is 13.1 Å². The van der Waals surface area contributed by atoms with Crippen molar-refractivity contribution >= 4 is 23.1 Å². The quantitative estimate of drug-likeness (QED) is 0.622. The van der Waals surface area contributed by atoms with Gasteiger partial charge in [0.2, 0.25) is 5.91 Å². The maximum absolute atomic E-state index is 12.9. The fourth-order valence-corrected chi connectivity index (χ4v) is 3.34. The minimum Gasteiger partial charge on any atom is -0.392 e. The highest BCUT2D eigenvalue weighted by atomic mass is 32.1. The summed E-state index contributed by atoms with van der Waals surface area (Å²) in [7, 11) is 1.90.